The van der Waals surface area contributed by atoms with Crippen molar-refractivity contribution in [3.05, 3.63) is 88.4 Å². The molecule has 0 spiro atoms. The van der Waals surface area contributed by atoms with Crippen LogP contribution in [0.2, 0.25) is 5.02 Å². The lowest BCUT2D eigenvalue weighted by atomic mass is 10.1. The molecule has 166 valence electrons. The Morgan fingerprint density at radius 2 is 1.62 bits per heavy atom. The fraction of sp³-hybridized carbons (Fsp3) is 0.130. The number of alkyl halides is 3. The molecule has 0 aromatic heterocycles. The molecule has 0 heterocycles. The van der Waals surface area contributed by atoms with E-state index in [1.165, 1.54) is 36.4 Å². The maximum Gasteiger partial charge on any atom is 0.416 e. The maximum absolute atomic E-state index is 12.8. The standard InChI is InChI=1S/C23H18ClF3N2O3/c1-14-5-8-18(12-20(14)24)28-21(30)13-32-19-9-6-15(7-10-19)22(31)29-17-4-2-3-16(11-17)23(25,26)27/h2-12H,13H2,1H3,(H,28,30)(H,29,31). The SMILES string of the molecule is Cc1ccc(NC(=O)COc2ccc(C(=O)Nc3cccc(C(F)(F)F)c3)cc2)cc1Cl. The van der Waals surface area contributed by atoms with Crippen LogP contribution in [-0.2, 0) is 11.0 Å². The first-order chi connectivity index (χ1) is 15.1. The predicted octanol–water partition coefficient (Wildman–Crippen LogP) is 5.94. The number of aryl methyl sites for hydroxylation is 1. The molecule has 2 N–H and O–H groups in total. The fourth-order valence-electron chi connectivity index (χ4n) is 2.70. The monoisotopic (exact) mass is 462 g/mol. The second-order valence-corrected chi connectivity index (χ2v) is 7.27. The van der Waals surface area contributed by atoms with Gasteiger partial charge in [0.05, 0.1) is 5.56 Å². The Labute approximate surface area is 187 Å². The summed E-state index contributed by atoms with van der Waals surface area (Å²) in [4.78, 5) is 24.3. The highest BCUT2D eigenvalue weighted by molar-refractivity contribution is 6.31. The van der Waals surface area contributed by atoms with Crippen LogP contribution in [0.3, 0.4) is 0 Å². The highest BCUT2D eigenvalue weighted by Gasteiger charge is 2.30. The minimum atomic E-state index is -4.50. The number of hydrogen-bond donors (Lipinski definition) is 2. The number of amides is 2. The van der Waals surface area contributed by atoms with Crippen LogP contribution < -0.4 is 15.4 Å². The van der Waals surface area contributed by atoms with E-state index in [1.807, 2.05) is 6.92 Å². The zero-order valence-corrected chi connectivity index (χ0v) is 17.6. The van der Waals surface area contributed by atoms with Crippen molar-refractivity contribution in [3.63, 3.8) is 0 Å². The van der Waals surface area contributed by atoms with Crippen LogP contribution in [0.4, 0.5) is 24.5 Å². The van der Waals surface area contributed by atoms with Crippen molar-refractivity contribution in [1.29, 1.82) is 0 Å². The maximum atomic E-state index is 12.8. The Morgan fingerprint density at radius 1 is 0.938 bits per heavy atom. The van der Waals surface area contributed by atoms with Gasteiger partial charge in [-0.05, 0) is 67.1 Å². The van der Waals surface area contributed by atoms with E-state index in [0.717, 1.165) is 17.7 Å². The van der Waals surface area contributed by atoms with E-state index in [1.54, 1.807) is 18.2 Å². The summed E-state index contributed by atoms with van der Waals surface area (Å²) in [5.74, 6) is -0.626. The summed E-state index contributed by atoms with van der Waals surface area (Å²) in [5.41, 5.74) is 0.811. The summed E-state index contributed by atoms with van der Waals surface area (Å²) in [6, 6.07) is 15.3. The minimum Gasteiger partial charge on any atom is -0.484 e. The number of nitrogens with one attached hydrogen (secondary N) is 2. The van der Waals surface area contributed by atoms with E-state index in [4.69, 9.17) is 16.3 Å². The van der Waals surface area contributed by atoms with Gasteiger partial charge >= 0.3 is 6.18 Å². The van der Waals surface area contributed by atoms with E-state index < -0.39 is 23.6 Å². The molecule has 9 heteroatoms. The number of halogens is 4. The third-order valence-electron chi connectivity index (χ3n) is 4.39. The number of anilines is 2. The molecule has 0 saturated heterocycles. The lowest BCUT2D eigenvalue weighted by Gasteiger charge is -2.11. The number of ether oxygens (including phenoxy) is 1. The summed E-state index contributed by atoms with van der Waals surface area (Å²) < 4.78 is 43.8. The molecule has 0 fully saturated rings. The molecule has 0 unspecified atom stereocenters. The third-order valence-corrected chi connectivity index (χ3v) is 4.80. The first-order valence-corrected chi connectivity index (χ1v) is 9.77. The van der Waals surface area contributed by atoms with E-state index in [0.29, 0.717) is 16.5 Å². The zero-order valence-electron chi connectivity index (χ0n) is 16.8. The van der Waals surface area contributed by atoms with Crippen LogP contribution in [0.5, 0.6) is 5.75 Å². The topological polar surface area (TPSA) is 67.4 Å². The Bertz CT molecular complexity index is 1130. The number of rotatable bonds is 6. The summed E-state index contributed by atoms with van der Waals surface area (Å²) in [6.07, 6.45) is -4.50. The van der Waals surface area contributed by atoms with Crippen LogP contribution in [0.15, 0.2) is 66.7 Å². The molecule has 5 nitrogen and oxygen atoms in total. The Hall–Kier alpha value is -3.52. The number of carbonyl (C=O) groups excluding carboxylic acids is 2. The first kappa shape index (κ1) is 23.1. The van der Waals surface area contributed by atoms with Gasteiger partial charge in [0.15, 0.2) is 6.61 Å². The van der Waals surface area contributed by atoms with Crippen molar-refractivity contribution in [3.8, 4) is 5.75 Å². The summed E-state index contributed by atoms with van der Waals surface area (Å²) in [7, 11) is 0. The van der Waals surface area contributed by atoms with Crippen molar-refractivity contribution >= 4 is 34.8 Å². The second kappa shape index (κ2) is 9.74. The molecule has 0 bridgehead atoms. The molecule has 0 aliphatic rings. The number of hydrogen-bond acceptors (Lipinski definition) is 3. The molecule has 32 heavy (non-hydrogen) atoms. The molecule has 3 aromatic carbocycles. The van der Waals surface area contributed by atoms with Crippen molar-refractivity contribution in [2.75, 3.05) is 17.2 Å². The van der Waals surface area contributed by atoms with Crippen LogP contribution >= 0.6 is 11.6 Å². The summed E-state index contributed by atoms with van der Waals surface area (Å²) in [6.45, 7) is 1.59. The van der Waals surface area contributed by atoms with Gasteiger partial charge in [0.25, 0.3) is 11.8 Å². The minimum absolute atomic E-state index is 0.0260. The first-order valence-electron chi connectivity index (χ1n) is 9.39. The Kier molecular flexibility index (Phi) is 7.05. The number of benzene rings is 3. The average Bonchev–Trinajstić information content (AvgIpc) is 2.75. The van der Waals surface area contributed by atoms with Crippen molar-refractivity contribution in [2.24, 2.45) is 0 Å². The molecule has 2 amide bonds. The van der Waals surface area contributed by atoms with Crippen molar-refractivity contribution in [2.45, 2.75) is 13.1 Å². The molecular formula is C23H18ClF3N2O3. The van der Waals surface area contributed by atoms with Crippen LogP contribution in [-0.4, -0.2) is 18.4 Å². The lowest BCUT2D eigenvalue weighted by Crippen LogP contribution is -2.20. The van der Waals surface area contributed by atoms with Gasteiger partial charge in [-0.25, -0.2) is 0 Å². The normalized spacial score (nSPS) is 11.0. The lowest BCUT2D eigenvalue weighted by molar-refractivity contribution is -0.137. The van der Waals surface area contributed by atoms with Crippen LogP contribution in [0.1, 0.15) is 21.5 Å². The fourth-order valence-corrected chi connectivity index (χ4v) is 2.88. The van der Waals surface area contributed by atoms with Crippen molar-refractivity contribution in [1.82, 2.24) is 0 Å². The molecule has 0 aliphatic heterocycles. The number of carbonyl (C=O) groups is 2. The Morgan fingerprint density at radius 3 is 2.28 bits per heavy atom. The zero-order chi connectivity index (χ0) is 23.3. The van der Waals surface area contributed by atoms with Gasteiger partial charge in [0.2, 0.25) is 0 Å². The molecule has 0 atom stereocenters. The van der Waals surface area contributed by atoms with Gasteiger partial charge in [0.1, 0.15) is 5.75 Å². The van der Waals surface area contributed by atoms with Crippen molar-refractivity contribution < 1.29 is 27.5 Å². The summed E-state index contributed by atoms with van der Waals surface area (Å²) in [5, 5.41) is 5.61. The second-order valence-electron chi connectivity index (χ2n) is 6.86. The molecule has 0 radical (unpaired) electrons. The summed E-state index contributed by atoms with van der Waals surface area (Å²) >= 11 is 6.02. The van der Waals surface area contributed by atoms with Gasteiger partial charge in [-0.1, -0.05) is 23.7 Å². The van der Waals surface area contributed by atoms with E-state index in [2.05, 4.69) is 10.6 Å². The van der Waals surface area contributed by atoms with E-state index >= 15 is 0 Å². The van der Waals surface area contributed by atoms with Gasteiger partial charge < -0.3 is 15.4 Å². The van der Waals surface area contributed by atoms with Gasteiger partial charge in [-0.3, -0.25) is 9.59 Å². The van der Waals surface area contributed by atoms with Crippen LogP contribution in [0, 0.1) is 6.92 Å². The third kappa shape index (κ3) is 6.24. The van der Waals surface area contributed by atoms with Gasteiger partial charge in [0, 0.05) is 22.0 Å². The molecule has 0 saturated carbocycles. The van der Waals surface area contributed by atoms with Gasteiger partial charge in [-0.2, -0.15) is 13.2 Å². The van der Waals surface area contributed by atoms with E-state index in [-0.39, 0.29) is 17.9 Å². The molecule has 0 aliphatic carbocycles. The molecule has 3 rings (SSSR count). The highest BCUT2D eigenvalue weighted by atomic mass is 35.5. The molecular weight excluding hydrogens is 445 g/mol. The quantitative estimate of drug-likeness (QED) is 0.476. The highest BCUT2D eigenvalue weighted by Crippen LogP contribution is 2.30. The van der Waals surface area contributed by atoms with E-state index in [9.17, 15) is 22.8 Å². The van der Waals surface area contributed by atoms with Crippen LogP contribution in [0.25, 0.3) is 0 Å². The average molecular weight is 463 g/mol. The van der Waals surface area contributed by atoms with Gasteiger partial charge in [-0.15, -0.1) is 0 Å². The largest absolute Gasteiger partial charge is 0.484 e. The molecule has 3 aromatic rings. The Balaban J connectivity index is 1.54. The smallest absolute Gasteiger partial charge is 0.416 e. The predicted molar refractivity (Wildman–Crippen MR) is 116 cm³/mol.